The van der Waals surface area contributed by atoms with Gasteiger partial charge in [0, 0.05) is 12.1 Å². The van der Waals surface area contributed by atoms with Gasteiger partial charge in [-0.15, -0.1) is 0 Å². The highest BCUT2D eigenvalue weighted by atomic mass is 32.2. The summed E-state index contributed by atoms with van der Waals surface area (Å²) in [4.78, 5) is 12.4. The Bertz CT molecular complexity index is 912. The molecule has 0 heterocycles. The molecule has 0 aliphatic carbocycles. The molecule has 0 saturated carbocycles. The third-order valence-electron chi connectivity index (χ3n) is 3.94. The van der Waals surface area contributed by atoms with Crippen molar-refractivity contribution in [3.8, 4) is 11.5 Å². The molecule has 146 valence electrons. The first-order chi connectivity index (χ1) is 12.8. The van der Waals surface area contributed by atoms with Crippen LogP contribution in [0.4, 0.5) is 5.69 Å². The fraction of sp³-hybridized carbons (Fsp3) is 0.316. The number of ether oxygens (including phenoxy) is 2. The first-order valence-corrected chi connectivity index (χ1v) is 10.2. The molecule has 2 aromatic rings. The number of amides is 1. The van der Waals surface area contributed by atoms with Gasteiger partial charge in [0.2, 0.25) is 10.0 Å². The van der Waals surface area contributed by atoms with Crippen molar-refractivity contribution >= 4 is 21.6 Å². The van der Waals surface area contributed by atoms with Crippen LogP contribution in [0.25, 0.3) is 0 Å². The van der Waals surface area contributed by atoms with Gasteiger partial charge in [0.05, 0.1) is 32.7 Å². The Morgan fingerprint density at radius 1 is 1.07 bits per heavy atom. The number of hydrogen-bond donors (Lipinski definition) is 1. The van der Waals surface area contributed by atoms with E-state index in [4.69, 9.17) is 9.47 Å². The van der Waals surface area contributed by atoms with Crippen molar-refractivity contribution < 1.29 is 22.7 Å². The van der Waals surface area contributed by atoms with E-state index in [1.165, 1.54) is 18.5 Å². The van der Waals surface area contributed by atoms with Crippen LogP contribution in [-0.2, 0) is 10.0 Å². The second-order valence-corrected chi connectivity index (χ2v) is 7.91. The van der Waals surface area contributed by atoms with Crippen LogP contribution in [0, 0.1) is 6.92 Å². The zero-order valence-corrected chi connectivity index (χ0v) is 16.7. The predicted octanol–water partition coefficient (Wildman–Crippen LogP) is 2.21. The van der Waals surface area contributed by atoms with E-state index in [0.717, 1.165) is 11.8 Å². The molecule has 0 aromatic heterocycles. The quantitative estimate of drug-likeness (QED) is 0.745. The molecule has 0 spiro atoms. The number of benzene rings is 2. The van der Waals surface area contributed by atoms with Crippen molar-refractivity contribution in [1.29, 1.82) is 0 Å². The number of methoxy groups -OCH3 is 2. The summed E-state index contributed by atoms with van der Waals surface area (Å²) in [6.45, 7) is 2.18. The van der Waals surface area contributed by atoms with Gasteiger partial charge in [-0.05, 0) is 42.8 Å². The van der Waals surface area contributed by atoms with E-state index in [2.05, 4.69) is 5.32 Å². The number of aryl methyl sites for hydroxylation is 1. The van der Waals surface area contributed by atoms with Crippen molar-refractivity contribution in [1.82, 2.24) is 5.32 Å². The molecule has 1 amide bonds. The van der Waals surface area contributed by atoms with Gasteiger partial charge in [-0.1, -0.05) is 12.1 Å². The van der Waals surface area contributed by atoms with Crippen molar-refractivity contribution in [3.05, 3.63) is 53.6 Å². The lowest BCUT2D eigenvalue weighted by Gasteiger charge is -2.23. The van der Waals surface area contributed by atoms with Crippen molar-refractivity contribution in [3.63, 3.8) is 0 Å². The van der Waals surface area contributed by atoms with E-state index in [-0.39, 0.29) is 19.0 Å². The van der Waals surface area contributed by atoms with Gasteiger partial charge in [0.15, 0.2) is 11.5 Å². The molecule has 0 saturated heterocycles. The fourth-order valence-corrected chi connectivity index (χ4v) is 3.54. The summed E-state index contributed by atoms with van der Waals surface area (Å²) in [6.07, 6.45) is 1.14. The summed E-state index contributed by atoms with van der Waals surface area (Å²) >= 11 is 0. The van der Waals surface area contributed by atoms with E-state index >= 15 is 0 Å². The summed E-state index contributed by atoms with van der Waals surface area (Å²) in [7, 11) is -0.464. The second-order valence-electron chi connectivity index (χ2n) is 6.00. The van der Waals surface area contributed by atoms with E-state index in [1.54, 1.807) is 36.4 Å². The van der Waals surface area contributed by atoms with E-state index < -0.39 is 10.0 Å². The maximum atomic E-state index is 12.4. The standard InChI is InChI=1S/C19H24N2O5S/c1-14-6-5-7-16(12-14)21(27(4,23)24)11-10-20-19(22)15-8-9-17(25-2)18(13-15)26-3/h5-9,12-13H,10-11H2,1-4H3,(H,20,22). The maximum absolute atomic E-state index is 12.4. The molecule has 7 nitrogen and oxygen atoms in total. The Morgan fingerprint density at radius 2 is 1.78 bits per heavy atom. The van der Waals surface area contributed by atoms with E-state index in [9.17, 15) is 13.2 Å². The molecule has 0 bridgehead atoms. The highest BCUT2D eigenvalue weighted by Crippen LogP contribution is 2.27. The molecule has 8 heteroatoms. The van der Waals surface area contributed by atoms with Gasteiger partial charge in [0.1, 0.15) is 0 Å². The SMILES string of the molecule is COc1ccc(C(=O)NCCN(c2cccc(C)c2)S(C)(=O)=O)cc1OC. The van der Waals surface area contributed by atoms with Crippen LogP contribution >= 0.6 is 0 Å². The predicted molar refractivity (Wildman–Crippen MR) is 105 cm³/mol. The normalized spacial score (nSPS) is 11.0. The average Bonchev–Trinajstić information content (AvgIpc) is 2.63. The van der Waals surface area contributed by atoms with Gasteiger partial charge in [-0.2, -0.15) is 0 Å². The third kappa shape index (κ3) is 5.37. The molecule has 1 N–H and O–H groups in total. The minimum absolute atomic E-state index is 0.126. The monoisotopic (exact) mass is 392 g/mol. The fourth-order valence-electron chi connectivity index (χ4n) is 2.62. The van der Waals surface area contributed by atoms with Crippen LogP contribution in [0.3, 0.4) is 0 Å². The Morgan fingerprint density at radius 3 is 2.37 bits per heavy atom. The van der Waals surface area contributed by atoms with Crippen molar-refractivity contribution in [2.24, 2.45) is 0 Å². The maximum Gasteiger partial charge on any atom is 0.251 e. The summed E-state index contributed by atoms with van der Waals surface area (Å²) in [5, 5.41) is 2.73. The number of nitrogens with zero attached hydrogens (tertiary/aromatic N) is 1. The molecular weight excluding hydrogens is 368 g/mol. The van der Waals surface area contributed by atoms with Crippen LogP contribution in [0.5, 0.6) is 11.5 Å². The lowest BCUT2D eigenvalue weighted by molar-refractivity contribution is 0.0954. The van der Waals surface area contributed by atoms with Crippen LogP contribution in [0.15, 0.2) is 42.5 Å². The summed E-state index contributed by atoms with van der Waals surface area (Å²) in [5.74, 6) is 0.646. The molecule has 0 unspecified atom stereocenters. The average molecular weight is 392 g/mol. The summed E-state index contributed by atoms with van der Waals surface area (Å²) < 4.78 is 35.9. The number of carbonyl (C=O) groups excluding carboxylic acids is 1. The lowest BCUT2D eigenvalue weighted by Crippen LogP contribution is -2.38. The van der Waals surface area contributed by atoms with Gasteiger partial charge in [0.25, 0.3) is 5.91 Å². The Hall–Kier alpha value is -2.74. The Balaban J connectivity index is 2.07. The Kier molecular flexibility index (Phi) is 6.68. The van der Waals surface area contributed by atoms with Crippen LogP contribution in [-0.4, -0.2) is 47.9 Å². The van der Waals surface area contributed by atoms with Crippen LogP contribution in [0.1, 0.15) is 15.9 Å². The summed E-state index contributed by atoms with van der Waals surface area (Å²) in [5.41, 5.74) is 1.92. The van der Waals surface area contributed by atoms with Crippen LogP contribution < -0.4 is 19.1 Å². The number of anilines is 1. The molecule has 0 radical (unpaired) electrons. The minimum atomic E-state index is -3.47. The van der Waals surface area contributed by atoms with E-state index in [0.29, 0.717) is 22.7 Å². The largest absolute Gasteiger partial charge is 0.493 e. The molecular formula is C19H24N2O5S. The number of nitrogens with one attached hydrogen (secondary N) is 1. The van der Waals surface area contributed by atoms with Gasteiger partial charge >= 0.3 is 0 Å². The molecule has 0 aliphatic heterocycles. The molecule has 2 rings (SSSR count). The second kappa shape index (κ2) is 8.77. The number of carbonyl (C=O) groups is 1. The van der Waals surface area contributed by atoms with Crippen molar-refractivity contribution in [2.45, 2.75) is 6.92 Å². The number of rotatable bonds is 8. The van der Waals surface area contributed by atoms with Gasteiger partial charge in [-0.3, -0.25) is 9.10 Å². The molecule has 2 aromatic carbocycles. The molecule has 0 aliphatic rings. The first-order valence-electron chi connectivity index (χ1n) is 8.31. The zero-order chi connectivity index (χ0) is 20.0. The highest BCUT2D eigenvalue weighted by molar-refractivity contribution is 7.92. The van der Waals surface area contributed by atoms with Gasteiger partial charge in [-0.25, -0.2) is 8.42 Å². The van der Waals surface area contributed by atoms with Gasteiger partial charge < -0.3 is 14.8 Å². The first kappa shape index (κ1) is 20.6. The lowest BCUT2D eigenvalue weighted by atomic mass is 10.2. The third-order valence-corrected chi connectivity index (χ3v) is 5.13. The minimum Gasteiger partial charge on any atom is -0.493 e. The molecule has 0 fully saturated rings. The summed E-state index contributed by atoms with van der Waals surface area (Å²) in [6, 6.07) is 12.0. The highest BCUT2D eigenvalue weighted by Gasteiger charge is 2.18. The van der Waals surface area contributed by atoms with E-state index in [1.807, 2.05) is 13.0 Å². The Labute approximate surface area is 160 Å². The zero-order valence-electron chi connectivity index (χ0n) is 15.9. The topological polar surface area (TPSA) is 84.9 Å². The molecule has 0 atom stereocenters. The number of hydrogen-bond acceptors (Lipinski definition) is 5. The molecule has 27 heavy (non-hydrogen) atoms. The smallest absolute Gasteiger partial charge is 0.251 e. The van der Waals surface area contributed by atoms with Crippen molar-refractivity contribution in [2.75, 3.05) is 37.9 Å². The number of sulfonamides is 1. The van der Waals surface area contributed by atoms with Crippen LogP contribution in [0.2, 0.25) is 0 Å².